The first-order chi connectivity index (χ1) is 7.95. The number of carbonyl (C=O) groups excluding carboxylic acids is 1. The summed E-state index contributed by atoms with van der Waals surface area (Å²) < 4.78 is 0. The number of nitrogens with zero attached hydrogens (tertiary/aromatic N) is 1. The number of hydrogen-bond acceptors (Lipinski definition) is 2. The van der Waals surface area contributed by atoms with Crippen LogP contribution in [-0.4, -0.2) is 19.9 Å². The number of benzene rings is 1. The van der Waals surface area contributed by atoms with Gasteiger partial charge in [-0.2, -0.15) is 0 Å². The van der Waals surface area contributed by atoms with Crippen molar-refractivity contribution in [2.45, 2.75) is 13.8 Å². The van der Waals surface area contributed by atoms with Crippen molar-refractivity contribution in [3.63, 3.8) is 0 Å². The number of rotatable bonds is 4. The van der Waals surface area contributed by atoms with Gasteiger partial charge in [0.2, 0.25) is 0 Å². The molecule has 1 aromatic carbocycles. The predicted octanol–water partition coefficient (Wildman–Crippen LogP) is 3.39. The summed E-state index contributed by atoms with van der Waals surface area (Å²) >= 11 is 0. The van der Waals surface area contributed by atoms with Crippen molar-refractivity contribution < 1.29 is 4.79 Å². The average Bonchev–Trinajstić information content (AvgIpc) is 2.28. The average molecular weight is 229 g/mol. The second kappa shape index (κ2) is 5.48. The Morgan fingerprint density at radius 1 is 1.24 bits per heavy atom. The molecule has 90 valence electrons. The van der Waals surface area contributed by atoms with Crippen LogP contribution in [0.15, 0.2) is 30.4 Å². The van der Waals surface area contributed by atoms with E-state index in [1.807, 2.05) is 50.2 Å². The highest BCUT2D eigenvalue weighted by Gasteiger charge is 2.03. The minimum Gasteiger partial charge on any atom is -0.378 e. The van der Waals surface area contributed by atoms with Gasteiger partial charge in [-0.15, -0.1) is 0 Å². The van der Waals surface area contributed by atoms with Crippen LogP contribution in [0, 0.1) is 0 Å². The van der Waals surface area contributed by atoms with Gasteiger partial charge in [0.1, 0.15) is 0 Å². The zero-order valence-electron chi connectivity index (χ0n) is 10.9. The number of allylic oxidation sites excluding steroid dienone is 1. The molecule has 2 heteroatoms. The Kier molecular flexibility index (Phi) is 4.27. The molecule has 0 atom stereocenters. The van der Waals surface area contributed by atoms with E-state index in [2.05, 4.69) is 12.6 Å². The Labute approximate surface area is 103 Å². The lowest BCUT2D eigenvalue weighted by Gasteiger charge is -2.14. The Hall–Kier alpha value is -1.83. The summed E-state index contributed by atoms with van der Waals surface area (Å²) in [6.45, 7) is 7.22. The molecule has 0 spiro atoms. The summed E-state index contributed by atoms with van der Waals surface area (Å²) in [7, 11) is 4.00. The molecule has 0 saturated carbocycles. The van der Waals surface area contributed by atoms with Crippen molar-refractivity contribution in [2.24, 2.45) is 0 Å². The lowest BCUT2D eigenvalue weighted by molar-refractivity contribution is -0.113. The van der Waals surface area contributed by atoms with Gasteiger partial charge in [-0.1, -0.05) is 18.7 Å². The third-order valence-electron chi connectivity index (χ3n) is 2.73. The van der Waals surface area contributed by atoms with Crippen LogP contribution in [0.2, 0.25) is 0 Å². The minimum absolute atomic E-state index is 0.0942. The van der Waals surface area contributed by atoms with Crippen LogP contribution in [-0.2, 0) is 4.79 Å². The molecule has 17 heavy (non-hydrogen) atoms. The molecule has 0 aliphatic rings. The van der Waals surface area contributed by atoms with Crippen molar-refractivity contribution in [3.05, 3.63) is 41.5 Å². The summed E-state index contributed by atoms with van der Waals surface area (Å²) in [6, 6.07) is 6.11. The van der Waals surface area contributed by atoms with Gasteiger partial charge in [0.25, 0.3) is 0 Å². The van der Waals surface area contributed by atoms with Gasteiger partial charge in [0, 0.05) is 19.8 Å². The van der Waals surface area contributed by atoms with Crippen molar-refractivity contribution >= 4 is 23.6 Å². The van der Waals surface area contributed by atoms with Gasteiger partial charge in [-0.25, -0.2) is 0 Å². The summed E-state index contributed by atoms with van der Waals surface area (Å²) in [5.74, 6) is 0.0942. The van der Waals surface area contributed by atoms with E-state index in [0.29, 0.717) is 0 Å². The second-order valence-corrected chi connectivity index (χ2v) is 4.30. The fourth-order valence-electron chi connectivity index (χ4n) is 1.48. The van der Waals surface area contributed by atoms with E-state index in [0.717, 1.165) is 22.4 Å². The standard InChI is InChI=1S/C15H19NO/c1-6-13-10-15(16(4)5)8-7-14(13)9-11(2)12(3)17/h6-10H,1H2,2-5H3/b11-9+. The van der Waals surface area contributed by atoms with Crippen molar-refractivity contribution in [3.8, 4) is 0 Å². The molecule has 0 amide bonds. The smallest absolute Gasteiger partial charge is 0.155 e. The van der Waals surface area contributed by atoms with Gasteiger partial charge < -0.3 is 4.90 Å². The highest BCUT2D eigenvalue weighted by Crippen LogP contribution is 2.21. The number of hydrogen-bond donors (Lipinski definition) is 0. The maximum atomic E-state index is 11.2. The molecule has 0 aromatic heterocycles. The van der Waals surface area contributed by atoms with Crippen LogP contribution in [0.3, 0.4) is 0 Å². The Bertz CT molecular complexity index is 470. The molecule has 0 radical (unpaired) electrons. The molecule has 1 rings (SSSR count). The number of Topliss-reactive ketones (excluding diaryl/α,β-unsaturated/α-hetero) is 1. The molecular formula is C15H19NO. The maximum absolute atomic E-state index is 11.2. The van der Waals surface area contributed by atoms with Crippen molar-refractivity contribution in [2.75, 3.05) is 19.0 Å². The molecule has 0 heterocycles. The van der Waals surface area contributed by atoms with Crippen LogP contribution in [0.5, 0.6) is 0 Å². The topological polar surface area (TPSA) is 20.3 Å². The minimum atomic E-state index is 0.0942. The molecule has 0 aliphatic heterocycles. The van der Waals surface area contributed by atoms with E-state index >= 15 is 0 Å². The molecule has 0 aliphatic carbocycles. The molecule has 2 nitrogen and oxygen atoms in total. The van der Waals surface area contributed by atoms with Crippen molar-refractivity contribution in [1.29, 1.82) is 0 Å². The van der Waals surface area contributed by atoms with Gasteiger partial charge in [0.15, 0.2) is 5.78 Å². The fourth-order valence-corrected chi connectivity index (χ4v) is 1.48. The number of anilines is 1. The first-order valence-electron chi connectivity index (χ1n) is 5.58. The highest BCUT2D eigenvalue weighted by molar-refractivity contribution is 5.97. The molecule has 0 fully saturated rings. The second-order valence-electron chi connectivity index (χ2n) is 4.30. The predicted molar refractivity (Wildman–Crippen MR) is 75.2 cm³/mol. The Morgan fingerprint density at radius 2 is 1.88 bits per heavy atom. The van der Waals surface area contributed by atoms with Crippen LogP contribution in [0.25, 0.3) is 12.2 Å². The number of ketones is 1. The van der Waals surface area contributed by atoms with E-state index in [4.69, 9.17) is 0 Å². The number of carbonyl (C=O) groups is 1. The third kappa shape index (κ3) is 3.31. The fraction of sp³-hybridized carbons (Fsp3) is 0.267. The maximum Gasteiger partial charge on any atom is 0.155 e. The van der Waals surface area contributed by atoms with E-state index in [1.165, 1.54) is 0 Å². The first-order valence-corrected chi connectivity index (χ1v) is 5.58. The van der Waals surface area contributed by atoms with E-state index in [1.54, 1.807) is 6.92 Å². The quantitative estimate of drug-likeness (QED) is 0.738. The highest BCUT2D eigenvalue weighted by atomic mass is 16.1. The SMILES string of the molecule is C=Cc1cc(N(C)C)ccc1/C=C(\C)C(C)=O. The molecule has 0 unspecified atom stereocenters. The van der Waals surface area contributed by atoms with Gasteiger partial charge >= 0.3 is 0 Å². The van der Waals surface area contributed by atoms with Crippen LogP contribution in [0.4, 0.5) is 5.69 Å². The van der Waals surface area contributed by atoms with Crippen molar-refractivity contribution in [1.82, 2.24) is 0 Å². The van der Waals surface area contributed by atoms with E-state index in [-0.39, 0.29) is 5.78 Å². The lowest BCUT2D eigenvalue weighted by atomic mass is 10.0. The summed E-state index contributed by atoms with van der Waals surface area (Å²) in [4.78, 5) is 13.3. The summed E-state index contributed by atoms with van der Waals surface area (Å²) in [5.41, 5.74) is 3.94. The summed E-state index contributed by atoms with van der Waals surface area (Å²) in [5, 5.41) is 0. The van der Waals surface area contributed by atoms with Gasteiger partial charge in [-0.3, -0.25) is 4.79 Å². The molecular weight excluding hydrogens is 210 g/mol. The Balaban J connectivity index is 3.22. The van der Waals surface area contributed by atoms with E-state index < -0.39 is 0 Å². The summed E-state index contributed by atoms with van der Waals surface area (Å²) in [6.07, 6.45) is 3.71. The monoisotopic (exact) mass is 229 g/mol. The van der Waals surface area contributed by atoms with Crippen LogP contribution < -0.4 is 4.90 Å². The molecule has 0 saturated heterocycles. The van der Waals surface area contributed by atoms with E-state index in [9.17, 15) is 4.79 Å². The van der Waals surface area contributed by atoms with Crippen LogP contribution in [0.1, 0.15) is 25.0 Å². The molecule has 0 N–H and O–H groups in total. The van der Waals surface area contributed by atoms with Gasteiger partial charge in [0.05, 0.1) is 0 Å². The first kappa shape index (κ1) is 13.2. The van der Waals surface area contributed by atoms with Crippen LogP contribution >= 0.6 is 0 Å². The normalized spacial score (nSPS) is 11.2. The zero-order chi connectivity index (χ0) is 13.0. The third-order valence-corrected chi connectivity index (χ3v) is 2.73. The molecule has 0 bridgehead atoms. The zero-order valence-corrected chi connectivity index (χ0v) is 10.9. The lowest BCUT2D eigenvalue weighted by Crippen LogP contribution is -2.08. The largest absolute Gasteiger partial charge is 0.378 e. The Morgan fingerprint density at radius 3 is 2.35 bits per heavy atom. The van der Waals surface area contributed by atoms with Gasteiger partial charge in [-0.05, 0) is 48.8 Å². The molecule has 1 aromatic rings.